The second-order valence-corrected chi connectivity index (χ2v) is 10.4. The Balaban J connectivity index is 2.59. The third-order valence-corrected chi connectivity index (χ3v) is 3.76. The summed E-state index contributed by atoms with van der Waals surface area (Å²) < 4.78 is 5.45. The van der Waals surface area contributed by atoms with Crippen LogP contribution < -0.4 is 15.9 Å². The maximum absolute atomic E-state index is 11.2. The van der Waals surface area contributed by atoms with Gasteiger partial charge in [-0.15, -0.1) is 0 Å². The fraction of sp³-hybridized carbons (Fsp3) is 0.500. The van der Waals surface area contributed by atoms with Crippen LogP contribution in [-0.2, 0) is 0 Å². The van der Waals surface area contributed by atoms with Crippen molar-refractivity contribution in [3.05, 3.63) is 22.5 Å². The van der Waals surface area contributed by atoms with Crippen LogP contribution in [0.5, 0.6) is 5.88 Å². The normalized spacial score (nSPS) is 11.4. The number of nitrogen functional groups attached to an aromatic ring is 1. The van der Waals surface area contributed by atoms with Gasteiger partial charge in [0.1, 0.15) is 5.69 Å². The number of rotatable bonds is 4. The SMILES string of the molecule is C[Si](C)(C)CCOc1[nH]ccc(=O)c1N. The second-order valence-electron chi connectivity index (χ2n) is 4.74. The first-order valence-corrected chi connectivity index (χ1v) is 8.71. The lowest BCUT2D eigenvalue weighted by Gasteiger charge is -2.16. The smallest absolute Gasteiger partial charge is 0.218 e. The molecule has 0 unspecified atom stereocenters. The van der Waals surface area contributed by atoms with Crippen molar-refractivity contribution in [1.82, 2.24) is 4.98 Å². The fourth-order valence-electron chi connectivity index (χ4n) is 1.05. The van der Waals surface area contributed by atoms with Gasteiger partial charge in [0, 0.05) is 20.3 Å². The molecule has 0 aromatic carbocycles. The van der Waals surface area contributed by atoms with Crippen LogP contribution in [0.4, 0.5) is 5.69 Å². The first-order chi connectivity index (χ1) is 6.90. The van der Waals surface area contributed by atoms with Gasteiger partial charge in [-0.1, -0.05) is 19.6 Å². The zero-order valence-corrected chi connectivity index (χ0v) is 10.5. The third-order valence-electron chi connectivity index (χ3n) is 2.06. The van der Waals surface area contributed by atoms with Crippen molar-refractivity contribution in [2.75, 3.05) is 12.3 Å². The summed E-state index contributed by atoms with van der Waals surface area (Å²) in [7, 11) is -1.10. The molecular formula is C10H18N2O2Si. The van der Waals surface area contributed by atoms with Gasteiger partial charge >= 0.3 is 0 Å². The predicted molar refractivity (Wildman–Crippen MR) is 65.1 cm³/mol. The van der Waals surface area contributed by atoms with Gasteiger partial charge in [0.25, 0.3) is 0 Å². The molecule has 0 spiro atoms. The van der Waals surface area contributed by atoms with Crippen molar-refractivity contribution < 1.29 is 4.74 Å². The third kappa shape index (κ3) is 3.79. The molecule has 1 aromatic rings. The largest absolute Gasteiger partial charge is 0.478 e. The minimum Gasteiger partial charge on any atom is -0.478 e. The van der Waals surface area contributed by atoms with Crippen molar-refractivity contribution in [3.63, 3.8) is 0 Å². The number of aromatic nitrogens is 1. The molecular weight excluding hydrogens is 208 g/mol. The molecule has 0 bridgehead atoms. The molecule has 1 heterocycles. The Morgan fingerprint density at radius 2 is 2.13 bits per heavy atom. The molecule has 0 aliphatic rings. The number of hydrogen-bond acceptors (Lipinski definition) is 3. The van der Waals surface area contributed by atoms with Gasteiger partial charge in [-0.25, -0.2) is 0 Å². The van der Waals surface area contributed by atoms with E-state index in [1.807, 2.05) is 0 Å². The topological polar surface area (TPSA) is 68.1 Å². The Morgan fingerprint density at radius 3 is 2.73 bits per heavy atom. The Bertz CT molecular complexity index is 382. The molecule has 0 amide bonds. The molecule has 0 aliphatic heterocycles. The zero-order valence-electron chi connectivity index (χ0n) is 9.46. The van der Waals surface area contributed by atoms with E-state index in [9.17, 15) is 4.79 Å². The Labute approximate surface area is 90.5 Å². The average molecular weight is 226 g/mol. The Hall–Kier alpha value is -1.23. The molecule has 5 heteroatoms. The van der Waals surface area contributed by atoms with E-state index in [4.69, 9.17) is 10.5 Å². The zero-order chi connectivity index (χ0) is 11.5. The summed E-state index contributed by atoms with van der Waals surface area (Å²) in [5.41, 5.74) is 5.54. The van der Waals surface area contributed by atoms with Crippen molar-refractivity contribution in [2.45, 2.75) is 25.7 Å². The van der Waals surface area contributed by atoms with Crippen LogP contribution in [-0.4, -0.2) is 19.7 Å². The van der Waals surface area contributed by atoms with E-state index >= 15 is 0 Å². The van der Waals surface area contributed by atoms with Gasteiger partial charge in [0.15, 0.2) is 0 Å². The Kier molecular flexibility index (Phi) is 3.57. The number of nitrogens with two attached hydrogens (primary N) is 1. The van der Waals surface area contributed by atoms with Crippen LogP contribution in [0.3, 0.4) is 0 Å². The van der Waals surface area contributed by atoms with Crippen molar-refractivity contribution in [3.8, 4) is 5.88 Å². The number of H-pyrrole nitrogens is 1. The molecule has 0 saturated carbocycles. The lowest BCUT2D eigenvalue weighted by atomic mass is 10.4. The highest BCUT2D eigenvalue weighted by Gasteiger charge is 2.13. The van der Waals surface area contributed by atoms with Gasteiger partial charge < -0.3 is 15.5 Å². The van der Waals surface area contributed by atoms with Crippen LogP contribution in [0.15, 0.2) is 17.1 Å². The van der Waals surface area contributed by atoms with E-state index in [-0.39, 0.29) is 11.1 Å². The lowest BCUT2D eigenvalue weighted by molar-refractivity contribution is 0.326. The minimum absolute atomic E-state index is 0.160. The van der Waals surface area contributed by atoms with E-state index in [0.717, 1.165) is 6.04 Å². The molecule has 3 N–H and O–H groups in total. The molecule has 0 radical (unpaired) electrons. The first-order valence-electron chi connectivity index (χ1n) is 5.00. The van der Waals surface area contributed by atoms with E-state index in [2.05, 4.69) is 24.6 Å². The summed E-state index contributed by atoms with van der Waals surface area (Å²) in [5.74, 6) is 0.390. The van der Waals surface area contributed by atoms with E-state index in [1.54, 1.807) is 6.20 Å². The first kappa shape index (κ1) is 11.8. The van der Waals surface area contributed by atoms with Crippen LogP contribution in [0, 0.1) is 0 Å². The highest BCUT2D eigenvalue weighted by atomic mass is 28.3. The molecule has 0 saturated heterocycles. The summed E-state index contributed by atoms with van der Waals surface area (Å²) >= 11 is 0. The lowest BCUT2D eigenvalue weighted by Crippen LogP contribution is -2.23. The van der Waals surface area contributed by atoms with Crippen molar-refractivity contribution in [2.24, 2.45) is 0 Å². The average Bonchev–Trinajstić information content (AvgIpc) is 2.10. The summed E-state index contributed by atoms with van der Waals surface area (Å²) in [5, 5.41) is 0. The number of anilines is 1. The monoisotopic (exact) mass is 226 g/mol. The minimum atomic E-state index is -1.10. The molecule has 84 valence electrons. The molecule has 1 rings (SSSR count). The Morgan fingerprint density at radius 1 is 1.47 bits per heavy atom. The number of aromatic amines is 1. The quantitative estimate of drug-likeness (QED) is 0.767. The van der Waals surface area contributed by atoms with Crippen molar-refractivity contribution >= 4 is 13.8 Å². The highest BCUT2D eigenvalue weighted by Crippen LogP contribution is 2.14. The maximum atomic E-state index is 11.2. The van der Waals surface area contributed by atoms with Crippen LogP contribution >= 0.6 is 0 Å². The van der Waals surface area contributed by atoms with Crippen LogP contribution in [0.2, 0.25) is 25.7 Å². The molecule has 0 fully saturated rings. The molecule has 15 heavy (non-hydrogen) atoms. The molecule has 4 nitrogen and oxygen atoms in total. The summed E-state index contributed by atoms with van der Waals surface area (Å²) in [6, 6.07) is 2.43. The van der Waals surface area contributed by atoms with E-state index in [1.165, 1.54) is 6.07 Å². The van der Waals surface area contributed by atoms with Crippen LogP contribution in [0.25, 0.3) is 0 Å². The predicted octanol–water partition coefficient (Wildman–Crippen LogP) is 1.67. The number of pyridine rings is 1. The number of hydrogen-bond donors (Lipinski definition) is 2. The highest BCUT2D eigenvalue weighted by molar-refractivity contribution is 6.76. The molecule has 0 atom stereocenters. The second kappa shape index (κ2) is 4.52. The van der Waals surface area contributed by atoms with Gasteiger partial charge in [-0.3, -0.25) is 4.79 Å². The van der Waals surface area contributed by atoms with Gasteiger partial charge in [0.2, 0.25) is 11.3 Å². The molecule has 1 aromatic heterocycles. The van der Waals surface area contributed by atoms with Crippen molar-refractivity contribution in [1.29, 1.82) is 0 Å². The maximum Gasteiger partial charge on any atom is 0.218 e. The van der Waals surface area contributed by atoms with Gasteiger partial charge in [-0.05, 0) is 6.04 Å². The fourth-order valence-corrected chi connectivity index (χ4v) is 1.77. The van der Waals surface area contributed by atoms with E-state index in [0.29, 0.717) is 12.5 Å². The standard InChI is InChI=1S/C10H18N2O2Si/c1-15(2,3)7-6-14-10-9(11)8(13)4-5-12-10/h4-5H,6-7,11H2,1-3H3,(H,12,13). The number of nitrogens with one attached hydrogen (secondary N) is 1. The molecule has 0 aliphatic carbocycles. The summed E-state index contributed by atoms with van der Waals surface area (Å²) in [6.07, 6.45) is 1.54. The van der Waals surface area contributed by atoms with Gasteiger partial charge in [-0.2, -0.15) is 0 Å². The number of ether oxygens (including phenoxy) is 1. The van der Waals surface area contributed by atoms with E-state index < -0.39 is 8.07 Å². The summed E-state index contributed by atoms with van der Waals surface area (Å²) in [4.78, 5) is 14.0. The summed E-state index contributed by atoms with van der Waals surface area (Å²) in [6.45, 7) is 7.42. The van der Waals surface area contributed by atoms with Gasteiger partial charge in [0.05, 0.1) is 6.61 Å². The van der Waals surface area contributed by atoms with Crippen LogP contribution in [0.1, 0.15) is 0 Å².